The number of piperidine rings is 1. The molecule has 2 aliphatic rings. The van der Waals surface area contributed by atoms with Crippen LogP contribution < -0.4 is 5.32 Å². The average molecular weight is 296 g/mol. The number of hydrogen-bond acceptors (Lipinski definition) is 3. The molecule has 21 heavy (non-hydrogen) atoms. The van der Waals surface area contributed by atoms with Crippen LogP contribution in [-0.4, -0.2) is 62.2 Å². The second kappa shape index (κ2) is 7.43. The predicted octanol–water partition coefficient (Wildman–Crippen LogP) is 2.82. The second-order valence-electron chi connectivity index (χ2n) is 8.24. The highest BCUT2D eigenvalue weighted by atomic mass is 15.2. The van der Waals surface area contributed by atoms with Gasteiger partial charge in [-0.25, -0.2) is 0 Å². The van der Waals surface area contributed by atoms with Gasteiger partial charge >= 0.3 is 0 Å². The van der Waals surface area contributed by atoms with Crippen LogP contribution in [0.3, 0.4) is 0 Å². The van der Waals surface area contributed by atoms with Gasteiger partial charge in [0.25, 0.3) is 0 Å². The zero-order chi connectivity index (χ0) is 15.5. The molecular weight excluding hydrogens is 258 g/mol. The van der Waals surface area contributed by atoms with Gasteiger partial charge in [-0.2, -0.15) is 0 Å². The van der Waals surface area contributed by atoms with E-state index in [2.05, 4.69) is 50.0 Å². The molecule has 0 aromatic rings. The number of likely N-dealkylation sites (tertiary alicyclic amines) is 1. The van der Waals surface area contributed by atoms with E-state index < -0.39 is 0 Å². The predicted molar refractivity (Wildman–Crippen MR) is 91.7 cm³/mol. The minimum Gasteiger partial charge on any atom is -0.313 e. The molecule has 124 valence electrons. The standard InChI is InChI=1S/C18H37N3/c1-6-11-19-17-15(9-10-18(17,2)3)13-21-12-7-8-16(14-21)20(4)5/h15-17,19H,6-14H2,1-5H3. The van der Waals surface area contributed by atoms with E-state index in [0.717, 1.165) is 12.0 Å². The molecule has 0 radical (unpaired) electrons. The number of hydrogen-bond donors (Lipinski definition) is 1. The molecule has 3 heteroatoms. The summed E-state index contributed by atoms with van der Waals surface area (Å²) >= 11 is 0. The normalized spacial score (nSPS) is 33.7. The molecule has 2 rings (SSSR count). The molecule has 0 amide bonds. The highest BCUT2D eigenvalue weighted by Gasteiger charge is 2.42. The first-order chi connectivity index (χ1) is 9.94. The molecule has 0 bridgehead atoms. The van der Waals surface area contributed by atoms with Gasteiger partial charge in [-0.15, -0.1) is 0 Å². The van der Waals surface area contributed by atoms with Gasteiger partial charge in [-0.05, 0) is 70.6 Å². The van der Waals surface area contributed by atoms with E-state index >= 15 is 0 Å². The minimum absolute atomic E-state index is 0.469. The van der Waals surface area contributed by atoms with E-state index in [-0.39, 0.29) is 0 Å². The summed E-state index contributed by atoms with van der Waals surface area (Å²) in [7, 11) is 4.47. The largest absolute Gasteiger partial charge is 0.313 e. The van der Waals surface area contributed by atoms with Crippen molar-refractivity contribution in [3.05, 3.63) is 0 Å². The molecule has 2 fully saturated rings. The molecular formula is C18H37N3. The van der Waals surface area contributed by atoms with Crippen LogP contribution in [0.1, 0.15) is 52.9 Å². The lowest BCUT2D eigenvalue weighted by atomic mass is 9.84. The maximum atomic E-state index is 3.86. The Morgan fingerprint density at radius 3 is 2.67 bits per heavy atom. The Morgan fingerprint density at radius 1 is 1.24 bits per heavy atom. The minimum atomic E-state index is 0.469. The molecule has 1 saturated heterocycles. The van der Waals surface area contributed by atoms with Gasteiger partial charge < -0.3 is 15.1 Å². The Hall–Kier alpha value is -0.120. The van der Waals surface area contributed by atoms with E-state index in [1.165, 1.54) is 58.3 Å². The zero-order valence-electron chi connectivity index (χ0n) is 15.0. The topological polar surface area (TPSA) is 18.5 Å². The fourth-order valence-corrected chi connectivity index (χ4v) is 4.41. The van der Waals surface area contributed by atoms with Gasteiger partial charge in [-0.1, -0.05) is 20.8 Å². The van der Waals surface area contributed by atoms with Crippen LogP contribution in [0, 0.1) is 11.3 Å². The first-order valence-electron chi connectivity index (χ1n) is 9.06. The third-order valence-corrected chi connectivity index (χ3v) is 5.79. The highest BCUT2D eigenvalue weighted by molar-refractivity contribution is 4.97. The van der Waals surface area contributed by atoms with Crippen LogP contribution >= 0.6 is 0 Å². The molecule has 1 heterocycles. The van der Waals surface area contributed by atoms with Gasteiger partial charge in [0.2, 0.25) is 0 Å². The Labute approximate surface area is 132 Å². The molecule has 0 aromatic heterocycles. The summed E-state index contributed by atoms with van der Waals surface area (Å²) in [4.78, 5) is 5.15. The molecule has 0 spiro atoms. The van der Waals surface area contributed by atoms with Crippen molar-refractivity contribution in [2.75, 3.05) is 40.3 Å². The van der Waals surface area contributed by atoms with Crippen molar-refractivity contribution in [3.8, 4) is 0 Å². The first kappa shape index (κ1) is 17.2. The van der Waals surface area contributed by atoms with Crippen molar-refractivity contribution in [3.63, 3.8) is 0 Å². The molecule has 1 saturated carbocycles. The molecule has 1 N–H and O–H groups in total. The van der Waals surface area contributed by atoms with Gasteiger partial charge in [0, 0.05) is 25.2 Å². The number of nitrogens with zero attached hydrogens (tertiary/aromatic N) is 2. The van der Waals surface area contributed by atoms with E-state index in [9.17, 15) is 0 Å². The summed E-state index contributed by atoms with van der Waals surface area (Å²) in [5.74, 6) is 0.840. The lowest BCUT2D eigenvalue weighted by Crippen LogP contribution is -2.50. The maximum Gasteiger partial charge on any atom is 0.0217 e. The summed E-state index contributed by atoms with van der Waals surface area (Å²) in [5.41, 5.74) is 0.469. The lowest BCUT2D eigenvalue weighted by Gasteiger charge is -2.39. The van der Waals surface area contributed by atoms with Crippen molar-refractivity contribution >= 4 is 0 Å². The summed E-state index contributed by atoms with van der Waals surface area (Å²) in [6.07, 6.45) is 6.76. The molecule has 3 atom stereocenters. The molecule has 1 aliphatic heterocycles. The quantitative estimate of drug-likeness (QED) is 0.813. The third kappa shape index (κ3) is 4.43. The van der Waals surface area contributed by atoms with E-state index in [1.807, 2.05) is 0 Å². The zero-order valence-corrected chi connectivity index (χ0v) is 15.0. The molecule has 3 unspecified atom stereocenters. The Balaban J connectivity index is 1.91. The van der Waals surface area contributed by atoms with Gasteiger partial charge in [0.15, 0.2) is 0 Å². The van der Waals surface area contributed by atoms with E-state index in [4.69, 9.17) is 0 Å². The Morgan fingerprint density at radius 2 is 2.00 bits per heavy atom. The molecule has 3 nitrogen and oxygen atoms in total. The van der Waals surface area contributed by atoms with Crippen molar-refractivity contribution in [1.82, 2.24) is 15.1 Å². The van der Waals surface area contributed by atoms with Crippen LogP contribution in [0.2, 0.25) is 0 Å². The van der Waals surface area contributed by atoms with Crippen LogP contribution in [0.5, 0.6) is 0 Å². The van der Waals surface area contributed by atoms with Crippen LogP contribution in [0.4, 0.5) is 0 Å². The fraction of sp³-hybridized carbons (Fsp3) is 1.00. The van der Waals surface area contributed by atoms with Crippen molar-refractivity contribution < 1.29 is 0 Å². The van der Waals surface area contributed by atoms with Crippen LogP contribution in [0.15, 0.2) is 0 Å². The van der Waals surface area contributed by atoms with Crippen molar-refractivity contribution in [2.24, 2.45) is 11.3 Å². The fourth-order valence-electron chi connectivity index (χ4n) is 4.41. The van der Waals surface area contributed by atoms with E-state index in [0.29, 0.717) is 11.5 Å². The number of likely N-dealkylation sites (N-methyl/N-ethyl adjacent to an activating group) is 1. The highest BCUT2D eigenvalue weighted by Crippen LogP contribution is 2.41. The van der Waals surface area contributed by atoms with Crippen molar-refractivity contribution in [2.45, 2.75) is 65.0 Å². The van der Waals surface area contributed by atoms with Crippen LogP contribution in [0.25, 0.3) is 0 Å². The SMILES string of the molecule is CCCNC1C(CN2CCCC(N(C)C)C2)CCC1(C)C. The summed E-state index contributed by atoms with van der Waals surface area (Å²) in [6.45, 7) is 12.2. The Bertz CT molecular complexity index is 314. The Kier molecular flexibility index (Phi) is 6.10. The average Bonchev–Trinajstić information content (AvgIpc) is 2.72. The number of rotatable bonds is 6. The van der Waals surface area contributed by atoms with Gasteiger partial charge in [-0.3, -0.25) is 0 Å². The van der Waals surface area contributed by atoms with Crippen molar-refractivity contribution in [1.29, 1.82) is 0 Å². The summed E-state index contributed by atoms with van der Waals surface area (Å²) in [6, 6.07) is 1.47. The summed E-state index contributed by atoms with van der Waals surface area (Å²) in [5, 5.41) is 3.86. The smallest absolute Gasteiger partial charge is 0.0217 e. The van der Waals surface area contributed by atoms with Gasteiger partial charge in [0.05, 0.1) is 0 Å². The third-order valence-electron chi connectivity index (χ3n) is 5.79. The summed E-state index contributed by atoms with van der Waals surface area (Å²) < 4.78 is 0. The second-order valence-corrected chi connectivity index (χ2v) is 8.24. The monoisotopic (exact) mass is 295 g/mol. The van der Waals surface area contributed by atoms with E-state index in [1.54, 1.807) is 0 Å². The maximum absolute atomic E-state index is 3.86. The number of nitrogens with one attached hydrogen (secondary N) is 1. The van der Waals surface area contributed by atoms with Crippen LogP contribution in [-0.2, 0) is 0 Å². The first-order valence-corrected chi connectivity index (χ1v) is 9.06. The molecule has 1 aliphatic carbocycles. The van der Waals surface area contributed by atoms with Gasteiger partial charge in [0.1, 0.15) is 0 Å². The lowest BCUT2D eigenvalue weighted by molar-refractivity contribution is 0.108. The molecule has 0 aromatic carbocycles.